The van der Waals surface area contributed by atoms with E-state index in [1.807, 2.05) is 19.1 Å². The van der Waals surface area contributed by atoms with Crippen molar-refractivity contribution >= 4 is 11.8 Å². The Morgan fingerprint density at radius 2 is 2.05 bits per heavy atom. The summed E-state index contributed by atoms with van der Waals surface area (Å²) in [5.41, 5.74) is 1.40. The average Bonchev–Trinajstić information content (AvgIpc) is 3.02. The third-order valence-corrected chi connectivity index (χ3v) is 3.38. The normalized spacial score (nSPS) is 11.9. The fraction of sp³-hybridized carbons (Fsp3) is 0.333. The highest BCUT2D eigenvalue weighted by Crippen LogP contribution is 2.24. The SMILES string of the molecule is CCCC(c1ccc(C(=O)OC)cc1)n1ccc([N+](=O)[O-])n1. The highest BCUT2D eigenvalue weighted by atomic mass is 16.6. The first-order valence-corrected chi connectivity index (χ1v) is 6.94. The number of hydrogen-bond donors (Lipinski definition) is 0. The molecule has 0 spiro atoms. The Labute approximate surface area is 127 Å². The van der Waals surface area contributed by atoms with Crippen LogP contribution in [0.2, 0.25) is 0 Å². The van der Waals surface area contributed by atoms with Gasteiger partial charge >= 0.3 is 11.8 Å². The van der Waals surface area contributed by atoms with E-state index in [2.05, 4.69) is 9.84 Å². The molecular weight excluding hydrogens is 286 g/mol. The van der Waals surface area contributed by atoms with E-state index in [1.54, 1.807) is 23.0 Å². The molecule has 2 rings (SSSR count). The smallest absolute Gasteiger partial charge is 0.389 e. The number of benzene rings is 1. The summed E-state index contributed by atoms with van der Waals surface area (Å²) in [4.78, 5) is 21.7. The van der Waals surface area contributed by atoms with Gasteiger partial charge in [0.1, 0.15) is 0 Å². The molecule has 0 saturated heterocycles. The molecular formula is C15H17N3O4. The predicted octanol–water partition coefficient (Wildman–Crippen LogP) is 2.97. The summed E-state index contributed by atoms with van der Waals surface area (Å²) in [6.07, 6.45) is 3.29. The molecule has 7 heteroatoms. The number of hydrogen-bond acceptors (Lipinski definition) is 5. The van der Waals surface area contributed by atoms with Gasteiger partial charge in [-0.3, -0.25) is 0 Å². The lowest BCUT2D eigenvalue weighted by atomic mass is 10.0. The van der Waals surface area contributed by atoms with Gasteiger partial charge in [-0.15, -0.1) is 0 Å². The molecule has 0 saturated carbocycles. The Balaban J connectivity index is 2.30. The minimum Gasteiger partial charge on any atom is -0.465 e. The van der Waals surface area contributed by atoms with Gasteiger partial charge in [0.25, 0.3) is 0 Å². The van der Waals surface area contributed by atoms with Gasteiger partial charge in [0, 0.05) is 0 Å². The molecule has 1 atom stereocenters. The Hall–Kier alpha value is -2.70. The second-order valence-electron chi connectivity index (χ2n) is 4.83. The van der Waals surface area contributed by atoms with Gasteiger partial charge in [0.15, 0.2) is 0 Å². The molecule has 0 amide bonds. The van der Waals surface area contributed by atoms with Crippen LogP contribution in [0.1, 0.15) is 41.7 Å². The molecule has 1 unspecified atom stereocenters. The molecule has 0 radical (unpaired) electrons. The number of rotatable bonds is 6. The fourth-order valence-corrected chi connectivity index (χ4v) is 2.28. The van der Waals surface area contributed by atoms with E-state index in [4.69, 9.17) is 0 Å². The highest BCUT2D eigenvalue weighted by Gasteiger charge is 2.20. The zero-order valence-electron chi connectivity index (χ0n) is 12.4. The lowest BCUT2D eigenvalue weighted by molar-refractivity contribution is -0.389. The monoisotopic (exact) mass is 303 g/mol. The first kappa shape index (κ1) is 15.7. The number of aromatic nitrogens is 2. The maximum Gasteiger partial charge on any atom is 0.389 e. The Bertz CT molecular complexity index is 664. The summed E-state index contributed by atoms with van der Waals surface area (Å²) in [6, 6.07) is 8.28. The van der Waals surface area contributed by atoms with E-state index < -0.39 is 10.9 Å². The third-order valence-electron chi connectivity index (χ3n) is 3.38. The van der Waals surface area contributed by atoms with Crippen molar-refractivity contribution in [3.8, 4) is 0 Å². The van der Waals surface area contributed by atoms with Crippen LogP contribution in [-0.2, 0) is 4.74 Å². The Morgan fingerprint density at radius 1 is 1.36 bits per heavy atom. The van der Waals surface area contributed by atoms with Crippen LogP contribution in [0.5, 0.6) is 0 Å². The zero-order valence-corrected chi connectivity index (χ0v) is 12.4. The van der Waals surface area contributed by atoms with Crippen LogP contribution < -0.4 is 0 Å². The number of carbonyl (C=O) groups excluding carboxylic acids is 1. The number of methoxy groups -OCH3 is 1. The van der Waals surface area contributed by atoms with E-state index in [1.165, 1.54) is 13.2 Å². The molecule has 0 aliphatic carbocycles. The van der Waals surface area contributed by atoms with Crippen LogP contribution in [-0.4, -0.2) is 27.8 Å². The molecule has 0 fully saturated rings. The van der Waals surface area contributed by atoms with Gasteiger partial charge in [-0.05, 0) is 29.0 Å². The molecule has 0 aliphatic heterocycles. The van der Waals surface area contributed by atoms with E-state index in [0.29, 0.717) is 5.56 Å². The molecule has 1 heterocycles. The largest absolute Gasteiger partial charge is 0.465 e. The number of carbonyl (C=O) groups is 1. The molecule has 0 aliphatic rings. The summed E-state index contributed by atoms with van der Waals surface area (Å²) in [6.45, 7) is 2.04. The van der Waals surface area contributed by atoms with Crippen LogP contribution in [0.3, 0.4) is 0 Å². The van der Waals surface area contributed by atoms with Gasteiger partial charge < -0.3 is 14.9 Å². The van der Waals surface area contributed by atoms with Crippen LogP contribution in [0.4, 0.5) is 5.82 Å². The Kier molecular flexibility index (Phi) is 4.88. The molecule has 2 aromatic rings. The number of ether oxygens (including phenoxy) is 1. The predicted molar refractivity (Wildman–Crippen MR) is 79.7 cm³/mol. The van der Waals surface area contributed by atoms with Crippen molar-refractivity contribution < 1.29 is 14.5 Å². The molecule has 22 heavy (non-hydrogen) atoms. The average molecular weight is 303 g/mol. The second kappa shape index (κ2) is 6.84. The minimum atomic E-state index is -0.514. The van der Waals surface area contributed by atoms with Crippen molar-refractivity contribution in [1.82, 2.24) is 9.78 Å². The van der Waals surface area contributed by atoms with Crippen molar-refractivity contribution in [1.29, 1.82) is 0 Å². The quantitative estimate of drug-likeness (QED) is 0.465. The van der Waals surface area contributed by atoms with Crippen LogP contribution in [0.15, 0.2) is 36.5 Å². The van der Waals surface area contributed by atoms with Crippen molar-refractivity contribution in [3.05, 3.63) is 57.8 Å². The van der Waals surface area contributed by atoms with E-state index >= 15 is 0 Å². The standard InChI is InChI=1S/C15H17N3O4/c1-3-4-13(17-10-9-14(16-17)18(20)21)11-5-7-12(8-6-11)15(19)22-2/h5-10,13H,3-4H2,1-2H3. The number of nitrogens with zero attached hydrogens (tertiary/aromatic N) is 3. The number of nitro groups is 1. The van der Waals surface area contributed by atoms with Crippen molar-refractivity contribution in [3.63, 3.8) is 0 Å². The summed E-state index contributed by atoms with van der Waals surface area (Å²) in [5.74, 6) is -0.569. The van der Waals surface area contributed by atoms with Gasteiger partial charge in [0.2, 0.25) is 0 Å². The molecule has 1 aromatic heterocycles. The lowest BCUT2D eigenvalue weighted by Crippen LogP contribution is -2.12. The van der Waals surface area contributed by atoms with Crippen molar-refractivity contribution in [2.75, 3.05) is 7.11 Å². The lowest BCUT2D eigenvalue weighted by Gasteiger charge is -2.14. The van der Waals surface area contributed by atoms with E-state index in [-0.39, 0.29) is 11.9 Å². The third kappa shape index (κ3) is 3.30. The number of esters is 1. The van der Waals surface area contributed by atoms with Gasteiger partial charge in [-0.1, -0.05) is 25.5 Å². The minimum absolute atomic E-state index is 0.106. The molecule has 0 bridgehead atoms. The Morgan fingerprint density at radius 3 is 2.55 bits per heavy atom. The van der Waals surface area contributed by atoms with Gasteiger partial charge in [0.05, 0.1) is 36.1 Å². The second-order valence-corrected chi connectivity index (χ2v) is 4.83. The summed E-state index contributed by atoms with van der Waals surface area (Å²) in [7, 11) is 1.33. The maximum absolute atomic E-state index is 11.5. The van der Waals surface area contributed by atoms with Gasteiger partial charge in [-0.2, -0.15) is 4.68 Å². The molecule has 1 aromatic carbocycles. The first-order chi connectivity index (χ1) is 10.6. The maximum atomic E-state index is 11.5. The topological polar surface area (TPSA) is 87.3 Å². The molecule has 0 N–H and O–H groups in total. The summed E-state index contributed by atoms with van der Waals surface area (Å²) >= 11 is 0. The van der Waals surface area contributed by atoms with Crippen molar-refractivity contribution in [2.45, 2.75) is 25.8 Å². The van der Waals surface area contributed by atoms with Crippen LogP contribution in [0.25, 0.3) is 0 Å². The van der Waals surface area contributed by atoms with Gasteiger partial charge in [-0.25, -0.2) is 4.79 Å². The fourth-order valence-electron chi connectivity index (χ4n) is 2.28. The summed E-state index contributed by atoms with van der Waals surface area (Å²) < 4.78 is 6.26. The van der Waals surface area contributed by atoms with E-state index in [9.17, 15) is 14.9 Å². The van der Waals surface area contributed by atoms with Crippen LogP contribution in [0, 0.1) is 10.1 Å². The first-order valence-electron chi connectivity index (χ1n) is 6.94. The molecule has 7 nitrogen and oxygen atoms in total. The van der Waals surface area contributed by atoms with Crippen LogP contribution >= 0.6 is 0 Å². The molecule has 116 valence electrons. The van der Waals surface area contributed by atoms with E-state index in [0.717, 1.165) is 18.4 Å². The zero-order chi connectivity index (χ0) is 16.1. The van der Waals surface area contributed by atoms with Crippen molar-refractivity contribution in [2.24, 2.45) is 0 Å². The highest BCUT2D eigenvalue weighted by molar-refractivity contribution is 5.89. The summed E-state index contributed by atoms with van der Waals surface area (Å²) in [5, 5.41) is 14.8.